The van der Waals surface area contributed by atoms with Crippen LogP contribution in [0.2, 0.25) is 0 Å². The standard InChI is InChI=1S/C15H10O3/c16-10-12-9-14(11-5-2-1-3-6-11)18-15(12)13-7-4-8-17-13/h1-10H. The quantitative estimate of drug-likeness (QED) is 0.647. The van der Waals surface area contributed by atoms with Crippen molar-refractivity contribution in [2.45, 2.75) is 0 Å². The van der Waals surface area contributed by atoms with E-state index in [2.05, 4.69) is 0 Å². The highest BCUT2D eigenvalue weighted by molar-refractivity contribution is 5.86. The summed E-state index contributed by atoms with van der Waals surface area (Å²) in [5.74, 6) is 1.68. The predicted molar refractivity (Wildman–Crippen MR) is 67.2 cm³/mol. The van der Waals surface area contributed by atoms with Crippen molar-refractivity contribution in [1.29, 1.82) is 0 Å². The minimum atomic E-state index is 0.467. The third-order valence-corrected chi connectivity index (χ3v) is 2.69. The molecule has 0 amide bonds. The van der Waals surface area contributed by atoms with Gasteiger partial charge in [0, 0.05) is 5.56 Å². The molecule has 18 heavy (non-hydrogen) atoms. The average molecular weight is 238 g/mol. The highest BCUT2D eigenvalue weighted by Crippen LogP contribution is 2.31. The monoisotopic (exact) mass is 238 g/mol. The number of hydrogen-bond acceptors (Lipinski definition) is 3. The van der Waals surface area contributed by atoms with Crippen molar-refractivity contribution in [3.05, 3.63) is 60.4 Å². The second kappa shape index (κ2) is 4.37. The summed E-state index contributed by atoms with van der Waals surface area (Å²) in [5, 5.41) is 0. The third-order valence-electron chi connectivity index (χ3n) is 2.69. The molecule has 0 saturated heterocycles. The predicted octanol–water partition coefficient (Wildman–Crippen LogP) is 4.02. The van der Waals surface area contributed by atoms with Gasteiger partial charge in [-0.2, -0.15) is 0 Å². The smallest absolute Gasteiger partial charge is 0.180 e. The number of rotatable bonds is 3. The minimum absolute atomic E-state index is 0.467. The molecule has 0 unspecified atom stereocenters. The highest BCUT2D eigenvalue weighted by Gasteiger charge is 2.15. The van der Waals surface area contributed by atoms with Crippen LogP contribution in [-0.4, -0.2) is 6.29 Å². The fourth-order valence-electron chi connectivity index (χ4n) is 1.84. The summed E-state index contributed by atoms with van der Waals surface area (Å²) in [5.41, 5.74) is 1.42. The SMILES string of the molecule is O=Cc1cc(-c2ccccc2)oc1-c1ccco1. The average Bonchev–Trinajstić information content (AvgIpc) is 3.08. The first-order chi connectivity index (χ1) is 8.88. The molecule has 3 nitrogen and oxygen atoms in total. The largest absolute Gasteiger partial charge is 0.461 e. The first-order valence-corrected chi connectivity index (χ1v) is 5.57. The van der Waals surface area contributed by atoms with E-state index in [0.29, 0.717) is 22.8 Å². The summed E-state index contributed by atoms with van der Waals surface area (Å²) in [6.45, 7) is 0. The van der Waals surface area contributed by atoms with Crippen LogP contribution in [0.5, 0.6) is 0 Å². The van der Waals surface area contributed by atoms with Crippen molar-refractivity contribution in [3.63, 3.8) is 0 Å². The van der Waals surface area contributed by atoms with Crippen LogP contribution in [0.4, 0.5) is 0 Å². The number of benzene rings is 1. The maximum absolute atomic E-state index is 11.1. The molecule has 0 bridgehead atoms. The molecule has 0 N–H and O–H groups in total. The van der Waals surface area contributed by atoms with Gasteiger partial charge in [-0.15, -0.1) is 0 Å². The van der Waals surface area contributed by atoms with Crippen molar-refractivity contribution < 1.29 is 13.6 Å². The van der Waals surface area contributed by atoms with Crippen LogP contribution >= 0.6 is 0 Å². The first-order valence-electron chi connectivity index (χ1n) is 5.57. The summed E-state index contributed by atoms with van der Waals surface area (Å²) in [6.07, 6.45) is 2.32. The Morgan fingerprint density at radius 3 is 2.44 bits per heavy atom. The van der Waals surface area contributed by atoms with Gasteiger partial charge in [-0.3, -0.25) is 4.79 Å². The minimum Gasteiger partial charge on any atom is -0.461 e. The summed E-state index contributed by atoms with van der Waals surface area (Å²) < 4.78 is 11.0. The van der Waals surface area contributed by atoms with Gasteiger partial charge in [0.1, 0.15) is 5.76 Å². The summed E-state index contributed by atoms with van der Waals surface area (Å²) in [7, 11) is 0. The van der Waals surface area contributed by atoms with Crippen LogP contribution in [0.1, 0.15) is 10.4 Å². The summed E-state index contributed by atoms with van der Waals surface area (Å²) >= 11 is 0. The van der Waals surface area contributed by atoms with Gasteiger partial charge in [0.25, 0.3) is 0 Å². The highest BCUT2D eigenvalue weighted by atomic mass is 16.4. The van der Waals surface area contributed by atoms with Crippen molar-refractivity contribution in [2.75, 3.05) is 0 Å². The number of carbonyl (C=O) groups excluding carboxylic acids is 1. The Morgan fingerprint density at radius 2 is 1.78 bits per heavy atom. The van der Waals surface area contributed by atoms with Gasteiger partial charge in [-0.25, -0.2) is 0 Å². The van der Waals surface area contributed by atoms with Gasteiger partial charge >= 0.3 is 0 Å². The van der Waals surface area contributed by atoms with Crippen molar-refractivity contribution in [3.8, 4) is 22.8 Å². The van der Waals surface area contributed by atoms with E-state index in [1.54, 1.807) is 24.5 Å². The van der Waals surface area contributed by atoms with E-state index in [9.17, 15) is 4.79 Å². The maximum Gasteiger partial charge on any atom is 0.180 e. The van der Waals surface area contributed by atoms with Gasteiger partial charge in [0.2, 0.25) is 0 Å². The van der Waals surface area contributed by atoms with Crippen molar-refractivity contribution in [1.82, 2.24) is 0 Å². The summed E-state index contributed by atoms with van der Waals surface area (Å²) in [6, 6.07) is 14.9. The molecule has 0 radical (unpaired) electrons. The van der Waals surface area contributed by atoms with Crippen LogP contribution in [-0.2, 0) is 0 Å². The zero-order chi connectivity index (χ0) is 12.4. The molecule has 3 heteroatoms. The lowest BCUT2D eigenvalue weighted by molar-refractivity contribution is 0.112. The second-order valence-corrected chi connectivity index (χ2v) is 3.86. The molecule has 0 saturated carbocycles. The molecule has 88 valence electrons. The molecule has 0 fully saturated rings. The van der Waals surface area contributed by atoms with Crippen LogP contribution in [0.25, 0.3) is 22.8 Å². The van der Waals surface area contributed by atoms with E-state index in [1.165, 1.54) is 0 Å². The molecule has 3 aromatic rings. The fourth-order valence-corrected chi connectivity index (χ4v) is 1.84. The molecular formula is C15H10O3. The molecule has 1 aromatic carbocycles. The Hall–Kier alpha value is -2.55. The van der Waals surface area contributed by atoms with Crippen LogP contribution in [0.15, 0.2) is 63.6 Å². The van der Waals surface area contributed by atoms with E-state index < -0.39 is 0 Å². The van der Waals surface area contributed by atoms with Gasteiger partial charge in [-0.05, 0) is 18.2 Å². The Bertz CT molecular complexity index is 648. The molecular weight excluding hydrogens is 228 g/mol. The Labute approximate surface area is 104 Å². The molecule has 0 aliphatic carbocycles. The lowest BCUT2D eigenvalue weighted by atomic mass is 10.1. The van der Waals surface area contributed by atoms with Crippen molar-refractivity contribution in [2.24, 2.45) is 0 Å². The van der Waals surface area contributed by atoms with Crippen molar-refractivity contribution >= 4 is 6.29 Å². The van der Waals surface area contributed by atoms with E-state index in [4.69, 9.17) is 8.83 Å². The Kier molecular flexibility index (Phi) is 2.57. The van der Waals surface area contributed by atoms with Gasteiger partial charge in [-0.1, -0.05) is 30.3 Å². The zero-order valence-electron chi connectivity index (χ0n) is 9.50. The lowest BCUT2D eigenvalue weighted by Crippen LogP contribution is -1.77. The number of furan rings is 2. The normalized spacial score (nSPS) is 10.4. The lowest BCUT2D eigenvalue weighted by Gasteiger charge is -1.95. The zero-order valence-corrected chi connectivity index (χ0v) is 9.50. The van der Waals surface area contributed by atoms with Crippen LogP contribution in [0, 0.1) is 0 Å². The summed E-state index contributed by atoms with van der Waals surface area (Å²) in [4.78, 5) is 11.1. The maximum atomic E-state index is 11.1. The molecule has 0 atom stereocenters. The van der Waals surface area contributed by atoms with Gasteiger partial charge < -0.3 is 8.83 Å². The number of carbonyl (C=O) groups is 1. The third kappa shape index (κ3) is 1.76. The number of hydrogen-bond donors (Lipinski definition) is 0. The van der Waals surface area contributed by atoms with E-state index in [1.807, 2.05) is 30.3 Å². The fraction of sp³-hybridized carbons (Fsp3) is 0. The molecule has 3 rings (SSSR count). The van der Waals surface area contributed by atoms with Crippen LogP contribution in [0.3, 0.4) is 0 Å². The molecule has 0 spiro atoms. The van der Waals surface area contributed by atoms with E-state index >= 15 is 0 Å². The van der Waals surface area contributed by atoms with Crippen LogP contribution < -0.4 is 0 Å². The van der Waals surface area contributed by atoms with Gasteiger partial charge in [0.05, 0.1) is 11.8 Å². The Balaban J connectivity index is 2.12. The molecule has 2 heterocycles. The van der Waals surface area contributed by atoms with E-state index in [0.717, 1.165) is 11.8 Å². The topological polar surface area (TPSA) is 43.4 Å². The van der Waals surface area contributed by atoms with Gasteiger partial charge in [0.15, 0.2) is 17.8 Å². The Morgan fingerprint density at radius 1 is 0.944 bits per heavy atom. The molecule has 0 aliphatic rings. The number of aldehydes is 1. The second-order valence-electron chi connectivity index (χ2n) is 3.86. The first kappa shape index (κ1) is 10.6. The molecule has 2 aromatic heterocycles. The van der Waals surface area contributed by atoms with E-state index in [-0.39, 0.29) is 0 Å². The molecule has 0 aliphatic heterocycles.